The van der Waals surface area contributed by atoms with Gasteiger partial charge in [-0.25, -0.2) is 0 Å². The van der Waals surface area contributed by atoms with E-state index in [0.29, 0.717) is 16.3 Å². The lowest BCUT2D eigenvalue weighted by Crippen LogP contribution is -2.13. The molecule has 98 valence electrons. The number of nitrogens with two attached hydrogens (primary N) is 1. The van der Waals surface area contributed by atoms with Gasteiger partial charge in [-0.1, -0.05) is 27.5 Å². The van der Waals surface area contributed by atoms with Crippen molar-refractivity contribution in [1.29, 1.82) is 0 Å². The molecule has 5 heteroatoms. The van der Waals surface area contributed by atoms with Gasteiger partial charge < -0.3 is 11.1 Å². The lowest BCUT2D eigenvalue weighted by atomic mass is 10.1. The van der Waals surface area contributed by atoms with Gasteiger partial charge in [-0.05, 0) is 48.9 Å². The van der Waals surface area contributed by atoms with E-state index in [2.05, 4.69) is 21.2 Å². The van der Waals surface area contributed by atoms with E-state index in [9.17, 15) is 4.79 Å². The Balaban J connectivity index is 2.25. The summed E-state index contributed by atoms with van der Waals surface area (Å²) in [5.41, 5.74) is 8.30. The van der Waals surface area contributed by atoms with Gasteiger partial charge in [0.05, 0.1) is 0 Å². The fourth-order valence-electron chi connectivity index (χ4n) is 1.71. The summed E-state index contributed by atoms with van der Waals surface area (Å²) < 4.78 is 0.968. The molecule has 0 saturated carbocycles. The zero-order valence-corrected chi connectivity index (χ0v) is 12.5. The Morgan fingerprint density at radius 3 is 2.63 bits per heavy atom. The second-order valence-electron chi connectivity index (χ2n) is 4.19. The van der Waals surface area contributed by atoms with E-state index in [0.717, 1.165) is 15.7 Å². The first-order valence-electron chi connectivity index (χ1n) is 5.59. The molecule has 3 N–H and O–H groups in total. The third-order valence-corrected chi connectivity index (χ3v) is 3.33. The first kappa shape index (κ1) is 13.9. The highest BCUT2D eigenvalue weighted by atomic mass is 79.9. The number of benzene rings is 2. The molecule has 0 unspecified atom stereocenters. The van der Waals surface area contributed by atoms with E-state index < -0.39 is 0 Å². The fraction of sp³-hybridized carbons (Fsp3) is 0.0714. The smallest absolute Gasteiger partial charge is 0.255 e. The van der Waals surface area contributed by atoms with E-state index in [1.807, 2.05) is 25.1 Å². The maximum absolute atomic E-state index is 12.1. The normalized spacial score (nSPS) is 10.3. The van der Waals surface area contributed by atoms with E-state index in [-0.39, 0.29) is 5.91 Å². The highest BCUT2D eigenvalue weighted by Gasteiger charge is 2.09. The molecule has 0 aromatic heterocycles. The Morgan fingerprint density at radius 2 is 2.00 bits per heavy atom. The summed E-state index contributed by atoms with van der Waals surface area (Å²) in [5.74, 6) is -0.236. The van der Waals surface area contributed by atoms with Gasteiger partial charge >= 0.3 is 0 Å². The molecule has 19 heavy (non-hydrogen) atoms. The van der Waals surface area contributed by atoms with Gasteiger partial charge in [0.25, 0.3) is 5.91 Å². The molecule has 0 spiro atoms. The highest BCUT2D eigenvalue weighted by Crippen LogP contribution is 2.22. The Bertz CT molecular complexity index is 623. The Morgan fingerprint density at radius 1 is 1.26 bits per heavy atom. The van der Waals surface area contributed by atoms with Crippen molar-refractivity contribution < 1.29 is 4.79 Å². The number of nitrogen functional groups attached to an aromatic ring is 1. The van der Waals surface area contributed by atoms with Crippen LogP contribution in [0.25, 0.3) is 0 Å². The molecule has 0 aliphatic carbocycles. The molecule has 0 heterocycles. The fourth-order valence-corrected chi connectivity index (χ4v) is 2.42. The topological polar surface area (TPSA) is 55.1 Å². The summed E-state index contributed by atoms with van der Waals surface area (Å²) >= 11 is 9.26. The standard InChI is InChI=1S/C14H12BrClN2O/c1-8-4-10(15)2-3-13(8)18-14(19)9-5-11(16)7-12(17)6-9/h2-7H,17H2,1H3,(H,18,19). The molecular formula is C14H12BrClN2O. The molecule has 3 nitrogen and oxygen atoms in total. The van der Waals surface area contributed by atoms with Crippen molar-refractivity contribution in [3.8, 4) is 0 Å². The predicted octanol–water partition coefficient (Wildman–Crippen LogP) is 4.25. The van der Waals surface area contributed by atoms with Crippen LogP contribution in [0.3, 0.4) is 0 Å². The molecule has 0 atom stereocenters. The van der Waals surface area contributed by atoms with Crippen LogP contribution in [0.15, 0.2) is 40.9 Å². The number of halogens is 2. The third-order valence-electron chi connectivity index (χ3n) is 2.62. The van der Waals surface area contributed by atoms with Crippen LogP contribution in [-0.4, -0.2) is 5.91 Å². The van der Waals surface area contributed by atoms with Crippen molar-refractivity contribution in [2.75, 3.05) is 11.1 Å². The summed E-state index contributed by atoms with van der Waals surface area (Å²) in [5, 5.41) is 3.28. The summed E-state index contributed by atoms with van der Waals surface area (Å²) in [6, 6.07) is 10.4. The van der Waals surface area contributed by atoms with Crippen LogP contribution in [0.2, 0.25) is 5.02 Å². The third kappa shape index (κ3) is 3.49. The van der Waals surface area contributed by atoms with Crippen LogP contribution in [-0.2, 0) is 0 Å². The largest absolute Gasteiger partial charge is 0.399 e. The summed E-state index contributed by atoms with van der Waals surface area (Å²) in [6.07, 6.45) is 0. The number of carbonyl (C=O) groups is 1. The van der Waals surface area contributed by atoms with E-state index >= 15 is 0 Å². The monoisotopic (exact) mass is 338 g/mol. The van der Waals surface area contributed by atoms with Crippen LogP contribution in [0, 0.1) is 6.92 Å². The predicted molar refractivity (Wildman–Crippen MR) is 82.7 cm³/mol. The maximum atomic E-state index is 12.1. The average molecular weight is 340 g/mol. The molecule has 0 bridgehead atoms. The van der Waals surface area contributed by atoms with Gasteiger partial charge in [0, 0.05) is 26.4 Å². The summed E-state index contributed by atoms with van der Waals surface area (Å²) in [7, 11) is 0. The molecule has 0 aliphatic heterocycles. The van der Waals surface area contributed by atoms with Crippen molar-refractivity contribution in [3.05, 3.63) is 57.0 Å². The van der Waals surface area contributed by atoms with Crippen molar-refractivity contribution in [3.63, 3.8) is 0 Å². The van der Waals surface area contributed by atoms with Crippen LogP contribution < -0.4 is 11.1 Å². The molecule has 0 fully saturated rings. The van der Waals surface area contributed by atoms with Gasteiger partial charge in [0.15, 0.2) is 0 Å². The zero-order valence-electron chi connectivity index (χ0n) is 10.2. The number of anilines is 2. The van der Waals surface area contributed by atoms with Gasteiger partial charge in [-0.15, -0.1) is 0 Å². The second kappa shape index (κ2) is 5.63. The first-order valence-corrected chi connectivity index (χ1v) is 6.76. The molecule has 0 radical (unpaired) electrons. The maximum Gasteiger partial charge on any atom is 0.255 e. The molecule has 2 rings (SSSR count). The number of carbonyl (C=O) groups excluding carboxylic acids is 1. The summed E-state index contributed by atoms with van der Waals surface area (Å²) in [6.45, 7) is 1.92. The van der Waals surface area contributed by atoms with E-state index in [1.165, 1.54) is 0 Å². The first-order chi connectivity index (χ1) is 8.95. The summed E-state index contributed by atoms with van der Waals surface area (Å²) in [4.78, 5) is 12.1. The minimum Gasteiger partial charge on any atom is -0.399 e. The number of hydrogen-bond donors (Lipinski definition) is 2. The minimum absolute atomic E-state index is 0.236. The van der Waals surface area contributed by atoms with Crippen molar-refractivity contribution >= 4 is 44.8 Å². The Labute approximate surface area is 124 Å². The van der Waals surface area contributed by atoms with Crippen molar-refractivity contribution in [2.24, 2.45) is 0 Å². The molecule has 0 aliphatic rings. The number of hydrogen-bond acceptors (Lipinski definition) is 2. The minimum atomic E-state index is -0.236. The quantitative estimate of drug-likeness (QED) is 0.804. The Kier molecular flexibility index (Phi) is 4.12. The number of amides is 1. The van der Waals surface area contributed by atoms with Gasteiger partial charge in [-0.3, -0.25) is 4.79 Å². The van der Waals surface area contributed by atoms with Crippen molar-refractivity contribution in [1.82, 2.24) is 0 Å². The van der Waals surface area contributed by atoms with E-state index in [1.54, 1.807) is 18.2 Å². The highest BCUT2D eigenvalue weighted by molar-refractivity contribution is 9.10. The lowest BCUT2D eigenvalue weighted by molar-refractivity contribution is 0.102. The van der Waals surface area contributed by atoms with Crippen LogP contribution >= 0.6 is 27.5 Å². The molecule has 0 saturated heterocycles. The van der Waals surface area contributed by atoms with Gasteiger partial charge in [-0.2, -0.15) is 0 Å². The van der Waals surface area contributed by atoms with Crippen LogP contribution in [0.1, 0.15) is 15.9 Å². The molecular weight excluding hydrogens is 328 g/mol. The molecule has 1 amide bonds. The van der Waals surface area contributed by atoms with Crippen LogP contribution in [0.4, 0.5) is 11.4 Å². The molecule has 2 aromatic carbocycles. The van der Waals surface area contributed by atoms with E-state index in [4.69, 9.17) is 17.3 Å². The Hall–Kier alpha value is -1.52. The lowest BCUT2D eigenvalue weighted by Gasteiger charge is -2.09. The number of aryl methyl sites for hydroxylation is 1. The molecule has 2 aromatic rings. The van der Waals surface area contributed by atoms with Crippen LogP contribution in [0.5, 0.6) is 0 Å². The average Bonchev–Trinajstić information content (AvgIpc) is 2.31. The van der Waals surface area contributed by atoms with Gasteiger partial charge in [0.2, 0.25) is 0 Å². The number of nitrogens with one attached hydrogen (secondary N) is 1. The van der Waals surface area contributed by atoms with Gasteiger partial charge in [0.1, 0.15) is 0 Å². The zero-order chi connectivity index (χ0) is 14.0. The SMILES string of the molecule is Cc1cc(Br)ccc1NC(=O)c1cc(N)cc(Cl)c1. The number of rotatable bonds is 2. The second-order valence-corrected chi connectivity index (χ2v) is 5.54. The van der Waals surface area contributed by atoms with Crippen molar-refractivity contribution in [2.45, 2.75) is 6.92 Å².